The molecule has 0 saturated carbocycles. The van der Waals surface area contributed by atoms with Crippen LogP contribution in [0.15, 0.2) is 30.0 Å². The zero-order valence-corrected chi connectivity index (χ0v) is 11.6. The van der Waals surface area contributed by atoms with Gasteiger partial charge in [0.1, 0.15) is 5.82 Å². The second kappa shape index (κ2) is 6.35. The molecule has 1 fully saturated rings. The predicted octanol–water partition coefficient (Wildman–Crippen LogP) is 2.04. The van der Waals surface area contributed by atoms with Crippen LogP contribution in [0, 0.1) is 11.3 Å². The molecule has 4 heteroatoms. The Hall–Kier alpha value is -1.86. The van der Waals surface area contributed by atoms with Gasteiger partial charge in [-0.05, 0) is 26.0 Å². The fourth-order valence-electron chi connectivity index (χ4n) is 2.13. The summed E-state index contributed by atoms with van der Waals surface area (Å²) in [7, 11) is 0. The van der Waals surface area contributed by atoms with Crippen LogP contribution in [0.4, 0.5) is 5.82 Å². The van der Waals surface area contributed by atoms with Crippen molar-refractivity contribution in [3.05, 3.63) is 35.5 Å². The Labute approximate surface area is 115 Å². The van der Waals surface area contributed by atoms with E-state index in [-0.39, 0.29) is 0 Å². The minimum Gasteiger partial charge on any atom is -0.354 e. The lowest BCUT2D eigenvalue weighted by Crippen LogP contribution is -2.46. The van der Waals surface area contributed by atoms with Crippen LogP contribution in [0.25, 0.3) is 0 Å². The van der Waals surface area contributed by atoms with Gasteiger partial charge in [-0.1, -0.05) is 11.6 Å². The zero-order valence-electron chi connectivity index (χ0n) is 11.6. The van der Waals surface area contributed by atoms with Crippen LogP contribution in [0.5, 0.6) is 0 Å². The van der Waals surface area contributed by atoms with Crippen LogP contribution in [0.3, 0.4) is 0 Å². The average molecular weight is 256 g/mol. The Bertz CT molecular complexity index is 489. The van der Waals surface area contributed by atoms with Crippen molar-refractivity contribution in [3.63, 3.8) is 0 Å². The molecular formula is C15H20N4. The molecule has 2 rings (SSSR count). The van der Waals surface area contributed by atoms with Crippen LogP contribution in [0.1, 0.15) is 19.4 Å². The molecule has 1 saturated heterocycles. The molecule has 100 valence electrons. The van der Waals surface area contributed by atoms with Crippen molar-refractivity contribution in [1.29, 1.82) is 5.26 Å². The fraction of sp³-hybridized carbons (Fsp3) is 0.467. The molecule has 0 aliphatic carbocycles. The first kappa shape index (κ1) is 13.6. The van der Waals surface area contributed by atoms with E-state index in [0.717, 1.165) is 38.5 Å². The molecule has 0 N–H and O–H groups in total. The standard InChI is InChI=1S/C15H20N4/c1-13(2)4-6-18-7-9-19(10-8-18)15-11-14(12-16)3-5-17-15/h3-5,11H,6-10H2,1-2H3. The normalized spacial score (nSPS) is 15.9. The maximum absolute atomic E-state index is 8.91. The van der Waals surface area contributed by atoms with E-state index in [4.69, 9.17) is 5.26 Å². The highest BCUT2D eigenvalue weighted by molar-refractivity contribution is 5.45. The minimum atomic E-state index is 0.678. The third kappa shape index (κ3) is 3.80. The molecule has 1 aromatic rings. The van der Waals surface area contributed by atoms with Gasteiger partial charge >= 0.3 is 0 Å². The Morgan fingerprint density at radius 1 is 1.37 bits per heavy atom. The minimum absolute atomic E-state index is 0.678. The van der Waals surface area contributed by atoms with Gasteiger partial charge in [0.2, 0.25) is 0 Å². The van der Waals surface area contributed by atoms with Crippen molar-refractivity contribution in [3.8, 4) is 6.07 Å². The maximum Gasteiger partial charge on any atom is 0.129 e. The molecule has 1 aromatic heterocycles. The lowest BCUT2D eigenvalue weighted by molar-refractivity contribution is 0.283. The second-order valence-electron chi connectivity index (χ2n) is 5.08. The Morgan fingerprint density at radius 2 is 2.11 bits per heavy atom. The molecule has 1 aliphatic heterocycles. The number of pyridine rings is 1. The Balaban J connectivity index is 1.92. The van der Waals surface area contributed by atoms with Gasteiger partial charge < -0.3 is 4.90 Å². The van der Waals surface area contributed by atoms with Gasteiger partial charge in [0.05, 0.1) is 11.6 Å². The van der Waals surface area contributed by atoms with Gasteiger partial charge in [-0.15, -0.1) is 0 Å². The summed E-state index contributed by atoms with van der Waals surface area (Å²) < 4.78 is 0. The number of nitrogens with zero attached hydrogens (tertiary/aromatic N) is 4. The summed E-state index contributed by atoms with van der Waals surface area (Å²) in [6.07, 6.45) is 3.98. The van der Waals surface area contributed by atoms with E-state index in [1.807, 2.05) is 6.07 Å². The maximum atomic E-state index is 8.91. The van der Waals surface area contributed by atoms with Crippen molar-refractivity contribution in [2.45, 2.75) is 13.8 Å². The Kier molecular flexibility index (Phi) is 4.53. The zero-order chi connectivity index (χ0) is 13.7. The molecule has 1 aliphatic rings. The number of allylic oxidation sites excluding steroid dienone is 1. The number of anilines is 1. The molecule has 0 radical (unpaired) electrons. The molecule has 0 atom stereocenters. The predicted molar refractivity (Wildman–Crippen MR) is 77.0 cm³/mol. The van der Waals surface area contributed by atoms with E-state index in [1.165, 1.54) is 5.57 Å². The summed E-state index contributed by atoms with van der Waals surface area (Å²) in [5.41, 5.74) is 2.04. The van der Waals surface area contributed by atoms with Crippen LogP contribution >= 0.6 is 0 Å². The van der Waals surface area contributed by atoms with Crippen molar-refractivity contribution >= 4 is 5.82 Å². The molecule has 19 heavy (non-hydrogen) atoms. The van der Waals surface area contributed by atoms with Crippen LogP contribution < -0.4 is 4.90 Å². The van der Waals surface area contributed by atoms with Crippen LogP contribution in [-0.2, 0) is 0 Å². The van der Waals surface area contributed by atoms with E-state index < -0.39 is 0 Å². The van der Waals surface area contributed by atoms with Gasteiger partial charge in [0.15, 0.2) is 0 Å². The Morgan fingerprint density at radius 3 is 2.74 bits per heavy atom. The molecule has 0 aromatic carbocycles. The number of rotatable bonds is 3. The monoisotopic (exact) mass is 256 g/mol. The molecule has 0 spiro atoms. The summed E-state index contributed by atoms with van der Waals surface area (Å²) >= 11 is 0. The van der Waals surface area contributed by atoms with E-state index in [2.05, 4.69) is 40.8 Å². The molecule has 0 unspecified atom stereocenters. The highest BCUT2D eigenvalue weighted by Gasteiger charge is 2.17. The summed E-state index contributed by atoms with van der Waals surface area (Å²) in [6.45, 7) is 9.32. The molecule has 0 amide bonds. The van der Waals surface area contributed by atoms with Crippen molar-refractivity contribution in [2.75, 3.05) is 37.6 Å². The van der Waals surface area contributed by atoms with Gasteiger partial charge in [-0.2, -0.15) is 5.26 Å². The SMILES string of the molecule is CC(C)=CCN1CCN(c2cc(C#N)ccn2)CC1. The summed E-state index contributed by atoms with van der Waals surface area (Å²) in [4.78, 5) is 9.05. The highest BCUT2D eigenvalue weighted by atomic mass is 15.3. The summed E-state index contributed by atoms with van der Waals surface area (Å²) in [5.74, 6) is 0.918. The van der Waals surface area contributed by atoms with Crippen LogP contribution in [-0.4, -0.2) is 42.6 Å². The number of aromatic nitrogens is 1. The average Bonchev–Trinajstić information content (AvgIpc) is 2.45. The fourth-order valence-corrected chi connectivity index (χ4v) is 2.13. The van der Waals surface area contributed by atoms with Gasteiger partial charge in [-0.3, -0.25) is 4.90 Å². The second-order valence-corrected chi connectivity index (χ2v) is 5.08. The van der Waals surface area contributed by atoms with E-state index >= 15 is 0 Å². The first-order chi connectivity index (χ1) is 9.19. The third-order valence-corrected chi connectivity index (χ3v) is 3.33. The number of hydrogen-bond donors (Lipinski definition) is 0. The first-order valence-corrected chi connectivity index (χ1v) is 6.66. The lowest BCUT2D eigenvalue weighted by atomic mass is 10.2. The van der Waals surface area contributed by atoms with Crippen molar-refractivity contribution < 1.29 is 0 Å². The quantitative estimate of drug-likeness (QED) is 0.776. The van der Waals surface area contributed by atoms with Crippen molar-refractivity contribution in [2.24, 2.45) is 0 Å². The third-order valence-electron chi connectivity index (χ3n) is 3.33. The topological polar surface area (TPSA) is 43.2 Å². The molecule has 2 heterocycles. The summed E-state index contributed by atoms with van der Waals surface area (Å²) in [5, 5.41) is 8.91. The number of piperazine rings is 1. The van der Waals surface area contributed by atoms with Crippen molar-refractivity contribution in [1.82, 2.24) is 9.88 Å². The smallest absolute Gasteiger partial charge is 0.129 e. The molecule has 4 nitrogen and oxygen atoms in total. The largest absolute Gasteiger partial charge is 0.354 e. The number of hydrogen-bond acceptors (Lipinski definition) is 4. The van der Waals surface area contributed by atoms with E-state index in [0.29, 0.717) is 5.56 Å². The van der Waals surface area contributed by atoms with E-state index in [9.17, 15) is 0 Å². The molecule has 0 bridgehead atoms. The highest BCUT2D eigenvalue weighted by Crippen LogP contribution is 2.14. The van der Waals surface area contributed by atoms with Crippen LogP contribution in [0.2, 0.25) is 0 Å². The first-order valence-electron chi connectivity index (χ1n) is 6.66. The van der Waals surface area contributed by atoms with Gasteiger partial charge in [-0.25, -0.2) is 4.98 Å². The van der Waals surface area contributed by atoms with Gasteiger partial charge in [0.25, 0.3) is 0 Å². The van der Waals surface area contributed by atoms with E-state index in [1.54, 1.807) is 12.3 Å². The molecular weight excluding hydrogens is 236 g/mol. The summed E-state index contributed by atoms with van der Waals surface area (Å²) in [6, 6.07) is 5.77. The lowest BCUT2D eigenvalue weighted by Gasteiger charge is -2.35. The van der Waals surface area contributed by atoms with Gasteiger partial charge in [0, 0.05) is 38.9 Å². The number of nitriles is 1.